The third kappa shape index (κ3) is 2.85. The van der Waals surface area contributed by atoms with Crippen LogP contribution in [0.3, 0.4) is 0 Å². The van der Waals surface area contributed by atoms with Crippen LogP contribution in [-0.4, -0.2) is 11.0 Å². The van der Waals surface area contributed by atoms with Crippen LogP contribution < -0.4 is 5.32 Å². The van der Waals surface area contributed by atoms with E-state index in [1.807, 2.05) is 6.92 Å². The largest absolute Gasteiger partial charge is 0.445 e. The fourth-order valence-electron chi connectivity index (χ4n) is 2.67. The van der Waals surface area contributed by atoms with Crippen LogP contribution in [-0.2, 0) is 6.54 Å². The minimum atomic E-state index is 0.628. The lowest BCUT2D eigenvalue weighted by Crippen LogP contribution is -2.38. The molecule has 0 amide bonds. The molecule has 0 aliphatic heterocycles. The summed E-state index contributed by atoms with van der Waals surface area (Å²) in [5.41, 5.74) is 0. The van der Waals surface area contributed by atoms with Crippen LogP contribution in [0.4, 0.5) is 0 Å². The standard InChI is InChI=1S/C13H22N2O/c1-9-4-5-12(10(2)6-9)14-8-13-15-7-11(3)16-13/h7,9-10,12,14H,4-6,8H2,1-3H3. The van der Waals surface area contributed by atoms with Gasteiger partial charge in [-0.1, -0.05) is 13.8 Å². The average molecular weight is 222 g/mol. The first-order chi connectivity index (χ1) is 7.65. The molecule has 3 unspecified atom stereocenters. The molecule has 1 aliphatic rings. The summed E-state index contributed by atoms with van der Waals surface area (Å²) in [6, 6.07) is 0.628. The fraction of sp³-hybridized carbons (Fsp3) is 0.769. The maximum Gasteiger partial charge on any atom is 0.208 e. The Morgan fingerprint density at radius 2 is 2.25 bits per heavy atom. The predicted octanol–water partition coefficient (Wildman–Crippen LogP) is 2.90. The van der Waals surface area contributed by atoms with Gasteiger partial charge < -0.3 is 9.73 Å². The lowest BCUT2D eigenvalue weighted by molar-refractivity contribution is 0.222. The molecule has 90 valence electrons. The maximum absolute atomic E-state index is 5.46. The van der Waals surface area contributed by atoms with E-state index in [-0.39, 0.29) is 0 Å². The van der Waals surface area contributed by atoms with Crippen molar-refractivity contribution in [1.29, 1.82) is 0 Å². The first-order valence-corrected chi connectivity index (χ1v) is 6.30. The molecule has 1 N–H and O–H groups in total. The van der Waals surface area contributed by atoms with Crippen molar-refractivity contribution >= 4 is 0 Å². The molecule has 1 fully saturated rings. The molecule has 1 heterocycles. The van der Waals surface area contributed by atoms with E-state index in [0.717, 1.165) is 30.0 Å². The summed E-state index contributed by atoms with van der Waals surface area (Å²) in [7, 11) is 0. The van der Waals surface area contributed by atoms with E-state index in [2.05, 4.69) is 24.1 Å². The molecule has 1 saturated carbocycles. The van der Waals surface area contributed by atoms with Gasteiger partial charge in [-0.25, -0.2) is 4.98 Å². The normalized spacial score (nSPS) is 30.6. The molecule has 0 saturated heterocycles. The highest BCUT2D eigenvalue weighted by molar-refractivity contribution is 4.91. The van der Waals surface area contributed by atoms with Crippen molar-refractivity contribution in [2.24, 2.45) is 11.8 Å². The Bertz CT molecular complexity index is 334. The lowest BCUT2D eigenvalue weighted by atomic mass is 9.80. The number of aromatic nitrogens is 1. The Morgan fingerprint density at radius 3 is 2.88 bits per heavy atom. The molecular weight excluding hydrogens is 200 g/mol. The van der Waals surface area contributed by atoms with Gasteiger partial charge >= 0.3 is 0 Å². The number of nitrogens with one attached hydrogen (secondary N) is 1. The highest BCUT2D eigenvalue weighted by Crippen LogP contribution is 2.28. The average Bonchev–Trinajstić information content (AvgIpc) is 2.63. The first kappa shape index (κ1) is 11.6. The van der Waals surface area contributed by atoms with Crippen molar-refractivity contribution in [3.8, 4) is 0 Å². The van der Waals surface area contributed by atoms with Crippen molar-refractivity contribution in [1.82, 2.24) is 10.3 Å². The van der Waals surface area contributed by atoms with E-state index < -0.39 is 0 Å². The number of rotatable bonds is 3. The van der Waals surface area contributed by atoms with Gasteiger partial charge in [-0.15, -0.1) is 0 Å². The van der Waals surface area contributed by atoms with E-state index in [1.165, 1.54) is 19.3 Å². The van der Waals surface area contributed by atoms with Crippen molar-refractivity contribution in [3.05, 3.63) is 17.8 Å². The van der Waals surface area contributed by atoms with Gasteiger partial charge in [-0.05, 0) is 38.0 Å². The smallest absolute Gasteiger partial charge is 0.208 e. The first-order valence-electron chi connectivity index (χ1n) is 6.30. The number of oxazole rings is 1. The molecule has 0 aromatic carbocycles. The molecule has 3 heteroatoms. The molecule has 0 spiro atoms. The summed E-state index contributed by atoms with van der Waals surface area (Å²) in [6.45, 7) is 7.39. The second-order valence-electron chi connectivity index (χ2n) is 5.25. The topological polar surface area (TPSA) is 38.1 Å². The van der Waals surface area contributed by atoms with Gasteiger partial charge in [0, 0.05) is 6.04 Å². The third-order valence-electron chi connectivity index (χ3n) is 3.62. The minimum absolute atomic E-state index is 0.628. The third-order valence-corrected chi connectivity index (χ3v) is 3.62. The Balaban J connectivity index is 1.81. The SMILES string of the molecule is Cc1cnc(CNC2CCC(C)CC2C)o1. The number of hydrogen-bond acceptors (Lipinski definition) is 3. The minimum Gasteiger partial charge on any atom is -0.445 e. The molecule has 3 nitrogen and oxygen atoms in total. The van der Waals surface area contributed by atoms with E-state index in [4.69, 9.17) is 4.42 Å². The monoisotopic (exact) mass is 222 g/mol. The Labute approximate surface area is 97.6 Å². The summed E-state index contributed by atoms with van der Waals surface area (Å²) >= 11 is 0. The van der Waals surface area contributed by atoms with Crippen LogP contribution in [0, 0.1) is 18.8 Å². The number of aryl methyl sites for hydroxylation is 1. The molecule has 0 bridgehead atoms. The Hall–Kier alpha value is -0.830. The second-order valence-corrected chi connectivity index (χ2v) is 5.25. The lowest BCUT2D eigenvalue weighted by Gasteiger charge is -2.33. The number of nitrogens with zero attached hydrogens (tertiary/aromatic N) is 1. The summed E-state index contributed by atoms with van der Waals surface area (Å²) < 4.78 is 5.46. The molecular formula is C13H22N2O. The van der Waals surface area contributed by atoms with Crippen LogP contribution in [0.5, 0.6) is 0 Å². The number of hydrogen-bond donors (Lipinski definition) is 1. The molecule has 0 radical (unpaired) electrons. The quantitative estimate of drug-likeness (QED) is 0.854. The van der Waals surface area contributed by atoms with Gasteiger partial charge in [-0.2, -0.15) is 0 Å². The zero-order valence-corrected chi connectivity index (χ0v) is 10.5. The van der Waals surface area contributed by atoms with Crippen LogP contribution in [0.2, 0.25) is 0 Å². The highest BCUT2D eigenvalue weighted by Gasteiger charge is 2.24. The molecule has 1 aliphatic carbocycles. The van der Waals surface area contributed by atoms with Crippen LogP contribution in [0.15, 0.2) is 10.6 Å². The molecule has 1 aromatic heterocycles. The Kier molecular flexibility index (Phi) is 3.64. The zero-order valence-electron chi connectivity index (χ0n) is 10.5. The van der Waals surface area contributed by atoms with Crippen molar-refractivity contribution in [2.45, 2.75) is 52.6 Å². The van der Waals surface area contributed by atoms with Crippen molar-refractivity contribution < 1.29 is 4.42 Å². The summed E-state index contributed by atoms with van der Waals surface area (Å²) in [6.07, 6.45) is 5.74. The van der Waals surface area contributed by atoms with Gasteiger partial charge in [0.1, 0.15) is 5.76 Å². The van der Waals surface area contributed by atoms with E-state index in [0.29, 0.717) is 6.04 Å². The molecule has 16 heavy (non-hydrogen) atoms. The zero-order chi connectivity index (χ0) is 11.5. The van der Waals surface area contributed by atoms with Crippen LogP contribution in [0.1, 0.15) is 44.8 Å². The van der Waals surface area contributed by atoms with Gasteiger partial charge in [0.25, 0.3) is 0 Å². The molecule has 3 atom stereocenters. The van der Waals surface area contributed by atoms with Crippen molar-refractivity contribution in [3.63, 3.8) is 0 Å². The fourth-order valence-corrected chi connectivity index (χ4v) is 2.67. The predicted molar refractivity (Wildman–Crippen MR) is 64.0 cm³/mol. The van der Waals surface area contributed by atoms with Crippen LogP contribution >= 0.6 is 0 Å². The van der Waals surface area contributed by atoms with Gasteiger partial charge in [-0.3, -0.25) is 0 Å². The summed E-state index contributed by atoms with van der Waals surface area (Å²) in [4.78, 5) is 4.21. The summed E-state index contributed by atoms with van der Waals surface area (Å²) in [5, 5.41) is 3.57. The molecule has 2 rings (SSSR count). The van der Waals surface area contributed by atoms with Gasteiger partial charge in [0.15, 0.2) is 0 Å². The van der Waals surface area contributed by atoms with Gasteiger partial charge in [0.2, 0.25) is 5.89 Å². The van der Waals surface area contributed by atoms with Crippen molar-refractivity contribution in [2.75, 3.05) is 0 Å². The van der Waals surface area contributed by atoms with E-state index in [1.54, 1.807) is 6.20 Å². The second kappa shape index (κ2) is 5.00. The summed E-state index contributed by atoms with van der Waals surface area (Å²) in [5.74, 6) is 3.35. The van der Waals surface area contributed by atoms with E-state index >= 15 is 0 Å². The van der Waals surface area contributed by atoms with Crippen LogP contribution in [0.25, 0.3) is 0 Å². The molecule has 1 aromatic rings. The maximum atomic E-state index is 5.46. The van der Waals surface area contributed by atoms with E-state index in [9.17, 15) is 0 Å². The highest BCUT2D eigenvalue weighted by atomic mass is 16.4. The Morgan fingerprint density at radius 1 is 1.44 bits per heavy atom. The van der Waals surface area contributed by atoms with Gasteiger partial charge in [0.05, 0.1) is 12.7 Å².